The maximum absolute atomic E-state index is 13.6. The molecule has 0 saturated carbocycles. The van der Waals surface area contributed by atoms with E-state index >= 15 is 0 Å². The number of fused-ring (bicyclic) bond motifs is 3. The minimum atomic E-state index is -0.880. The first-order valence-corrected chi connectivity index (χ1v) is 13.2. The van der Waals surface area contributed by atoms with E-state index in [1.54, 1.807) is 4.57 Å². The minimum Gasteiger partial charge on any atom is -0.394 e. The Morgan fingerprint density at radius 1 is 0.927 bits per heavy atom. The molecule has 18 nitrogen and oxygen atoms in total. The van der Waals surface area contributed by atoms with E-state index in [2.05, 4.69) is 35.6 Å². The number of hydrogen-bond donors (Lipinski definition) is 7. The molecule has 0 bridgehead atoms. The Kier molecular flexibility index (Phi) is 6.25. The molecule has 18 heteroatoms. The number of ether oxygens (including phenoxy) is 2. The van der Waals surface area contributed by atoms with Crippen molar-refractivity contribution in [1.82, 2.24) is 38.6 Å². The lowest BCUT2D eigenvalue weighted by molar-refractivity contribution is -0.0432. The zero-order valence-corrected chi connectivity index (χ0v) is 21.5. The summed E-state index contributed by atoms with van der Waals surface area (Å²) in [6.07, 6.45) is -1.58. The second kappa shape index (κ2) is 9.86. The number of H-pyrrole nitrogens is 1. The predicted octanol–water partition coefficient (Wildman–Crippen LogP) is -2.27. The van der Waals surface area contributed by atoms with Crippen molar-refractivity contribution >= 4 is 34.2 Å². The van der Waals surface area contributed by atoms with Crippen LogP contribution in [0.25, 0.3) is 22.3 Å². The molecule has 4 aromatic rings. The van der Waals surface area contributed by atoms with Crippen LogP contribution in [0.2, 0.25) is 0 Å². The van der Waals surface area contributed by atoms with Gasteiger partial charge in [0.05, 0.1) is 38.1 Å². The van der Waals surface area contributed by atoms with Crippen molar-refractivity contribution in [3.63, 3.8) is 0 Å². The zero-order valence-electron chi connectivity index (χ0n) is 21.5. The lowest BCUT2D eigenvalue weighted by Crippen LogP contribution is -2.38. The highest BCUT2D eigenvalue weighted by Gasteiger charge is 2.37. The summed E-state index contributed by atoms with van der Waals surface area (Å²) in [6.45, 7) is -0.241. The number of nitrogens with zero attached hydrogens (tertiary/aromatic N) is 7. The van der Waals surface area contributed by atoms with E-state index in [4.69, 9.17) is 9.47 Å². The van der Waals surface area contributed by atoms with E-state index in [0.29, 0.717) is 13.0 Å². The molecule has 0 amide bonds. The number of aromatic amines is 1. The minimum absolute atomic E-state index is 0.0700. The molecule has 0 unspecified atom stereocenters. The van der Waals surface area contributed by atoms with Crippen LogP contribution in [0.3, 0.4) is 0 Å². The summed E-state index contributed by atoms with van der Waals surface area (Å²) in [4.78, 5) is 46.7. The number of nitrogens with one attached hydrogen (secondary N) is 3. The Hall–Kier alpha value is -3.94. The summed E-state index contributed by atoms with van der Waals surface area (Å²) >= 11 is 0. The van der Waals surface area contributed by atoms with Crippen LogP contribution in [0.1, 0.15) is 37.9 Å². The third kappa shape index (κ3) is 4.18. The molecule has 2 saturated heterocycles. The molecular weight excluding hydrogens is 544 g/mol. The number of hydrogen-bond acceptors (Lipinski definition) is 14. The largest absolute Gasteiger partial charge is 0.394 e. The van der Waals surface area contributed by atoms with E-state index in [9.17, 15) is 30.0 Å². The van der Waals surface area contributed by atoms with Crippen molar-refractivity contribution in [2.75, 3.05) is 30.4 Å². The molecule has 218 valence electrons. The fraction of sp³-hybridized carbons (Fsp3) is 0.565. The van der Waals surface area contributed by atoms with Crippen molar-refractivity contribution in [1.29, 1.82) is 0 Å². The topological polar surface area (TPSA) is 240 Å². The molecule has 0 spiro atoms. The molecule has 7 rings (SSSR count). The summed E-state index contributed by atoms with van der Waals surface area (Å²) < 4.78 is 15.9. The molecule has 3 aliphatic rings. The van der Waals surface area contributed by atoms with E-state index in [1.807, 2.05) is 0 Å². The maximum atomic E-state index is 13.6. The van der Waals surface area contributed by atoms with Gasteiger partial charge < -0.3 is 40.5 Å². The Balaban J connectivity index is 1.22. The Bertz CT molecular complexity index is 1730. The highest BCUT2D eigenvalue weighted by molar-refractivity contribution is 5.72. The molecule has 3 aliphatic heterocycles. The number of aliphatic hydroxyl groups excluding tert-OH is 4. The van der Waals surface area contributed by atoms with Gasteiger partial charge in [0.15, 0.2) is 22.3 Å². The zero-order chi connectivity index (χ0) is 28.4. The quantitative estimate of drug-likeness (QED) is 0.129. The highest BCUT2D eigenvalue weighted by Crippen LogP contribution is 2.32. The third-order valence-electron chi connectivity index (χ3n) is 7.77. The van der Waals surface area contributed by atoms with Crippen LogP contribution in [0.15, 0.2) is 22.2 Å². The van der Waals surface area contributed by atoms with E-state index in [0.717, 1.165) is 0 Å². The second-order valence-corrected chi connectivity index (χ2v) is 10.3. The first kappa shape index (κ1) is 26.0. The molecule has 0 aromatic carbocycles. The molecule has 4 aromatic heterocycles. The van der Waals surface area contributed by atoms with Crippen molar-refractivity contribution in [2.24, 2.45) is 0 Å². The summed E-state index contributed by atoms with van der Waals surface area (Å²) in [6, 6.07) is 0. The van der Waals surface area contributed by atoms with Gasteiger partial charge in [-0.05, 0) is 0 Å². The van der Waals surface area contributed by atoms with Crippen LogP contribution in [-0.2, 0) is 9.47 Å². The number of anilines is 2. The predicted molar refractivity (Wildman–Crippen MR) is 139 cm³/mol. The van der Waals surface area contributed by atoms with Crippen LogP contribution in [0.4, 0.5) is 11.9 Å². The van der Waals surface area contributed by atoms with Crippen molar-refractivity contribution in [2.45, 2.75) is 62.3 Å². The number of rotatable bonds is 6. The van der Waals surface area contributed by atoms with Gasteiger partial charge in [-0.1, -0.05) is 0 Å². The standard InChI is InChI=1S/C23H28N10O8/c34-5-11-9(36)3-14(40-11)31-7-25-16-18(31)28-22(30-20(16)38)27-13-1-2-24-23-29-19-17(21(39)33(13)23)26-8-32(19)15-4-10(37)12(6-35)41-15/h7-15,34-37H,1-6H2,(H,24,29)(H2,27,28,30,38)/t9-,10-,11+,12+,13+,14+,15+/m0/s1. The van der Waals surface area contributed by atoms with Crippen LogP contribution in [0.5, 0.6) is 0 Å². The van der Waals surface area contributed by atoms with Gasteiger partial charge in [-0.3, -0.25) is 28.3 Å². The monoisotopic (exact) mass is 572 g/mol. The normalized spacial score (nSPS) is 29.7. The van der Waals surface area contributed by atoms with Gasteiger partial charge in [-0.25, -0.2) is 9.97 Å². The highest BCUT2D eigenvalue weighted by atomic mass is 16.5. The molecule has 41 heavy (non-hydrogen) atoms. The van der Waals surface area contributed by atoms with Gasteiger partial charge in [0.25, 0.3) is 11.1 Å². The van der Waals surface area contributed by atoms with Crippen molar-refractivity contribution < 1.29 is 29.9 Å². The first-order valence-electron chi connectivity index (χ1n) is 13.2. The second-order valence-electron chi connectivity index (χ2n) is 10.3. The first-order chi connectivity index (χ1) is 19.9. The number of imidazole rings is 2. The lowest BCUT2D eigenvalue weighted by Gasteiger charge is -2.28. The molecule has 0 aliphatic carbocycles. The average Bonchev–Trinajstić information content (AvgIpc) is 3.73. The van der Waals surface area contributed by atoms with Gasteiger partial charge >= 0.3 is 0 Å². The van der Waals surface area contributed by atoms with Gasteiger partial charge in [0.1, 0.15) is 30.8 Å². The van der Waals surface area contributed by atoms with E-state index < -0.39 is 54.2 Å². The van der Waals surface area contributed by atoms with E-state index in [1.165, 1.54) is 21.8 Å². The summed E-state index contributed by atoms with van der Waals surface area (Å²) in [7, 11) is 0. The van der Waals surface area contributed by atoms with Crippen molar-refractivity contribution in [3.05, 3.63) is 33.4 Å². The fourth-order valence-electron chi connectivity index (χ4n) is 5.66. The molecule has 2 fully saturated rings. The summed E-state index contributed by atoms with van der Waals surface area (Å²) in [5, 5.41) is 45.4. The van der Waals surface area contributed by atoms with Crippen LogP contribution in [-0.4, -0.2) is 103 Å². The molecule has 7 atom stereocenters. The van der Waals surface area contributed by atoms with Crippen LogP contribution >= 0.6 is 0 Å². The van der Waals surface area contributed by atoms with Crippen LogP contribution in [0, 0.1) is 0 Å². The van der Waals surface area contributed by atoms with Crippen molar-refractivity contribution in [3.8, 4) is 0 Å². The molecular formula is C23H28N10O8. The van der Waals surface area contributed by atoms with E-state index in [-0.39, 0.29) is 60.3 Å². The third-order valence-corrected chi connectivity index (χ3v) is 7.77. The summed E-state index contributed by atoms with van der Waals surface area (Å²) in [5.74, 6) is 0.349. The molecule has 7 N–H and O–H groups in total. The lowest BCUT2D eigenvalue weighted by atomic mass is 10.2. The fourth-order valence-corrected chi connectivity index (χ4v) is 5.66. The molecule has 0 radical (unpaired) electrons. The number of aromatic nitrogens is 8. The summed E-state index contributed by atoms with van der Waals surface area (Å²) in [5.41, 5.74) is -0.326. The Morgan fingerprint density at radius 2 is 1.54 bits per heavy atom. The molecule has 7 heterocycles. The van der Waals surface area contributed by atoms with Crippen LogP contribution < -0.4 is 21.8 Å². The average molecular weight is 573 g/mol. The smallest absolute Gasteiger partial charge is 0.284 e. The van der Waals surface area contributed by atoms with Gasteiger partial charge in [0, 0.05) is 25.8 Å². The van der Waals surface area contributed by atoms with Gasteiger partial charge in [-0.15, -0.1) is 0 Å². The van der Waals surface area contributed by atoms with Gasteiger partial charge in [-0.2, -0.15) is 9.97 Å². The SMILES string of the molecule is O=c1[nH]c(N[C@H]2CCNc3nc4c(ncn4[C@H]4C[C@H](O)[C@@H](CO)O4)c(=O)n32)nc2c1ncn2[C@H]1C[C@H](O)[C@@H](CO)O1. The number of aliphatic hydroxyl groups is 4. The Labute approximate surface area is 229 Å². The maximum Gasteiger partial charge on any atom is 0.284 e. The van der Waals surface area contributed by atoms with Gasteiger partial charge in [0.2, 0.25) is 11.9 Å². The Morgan fingerprint density at radius 3 is 2.15 bits per heavy atom.